The molecule has 124 valence electrons. The van der Waals surface area contributed by atoms with E-state index in [1.165, 1.54) is 0 Å². The number of rotatable bonds is 7. The zero-order chi connectivity index (χ0) is 15.9. The van der Waals surface area contributed by atoms with Crippen LogP contribution in [0.5, 0.6) is 0 Å². The summed E-state index contributed by atoms with van der Waals surface area (Å²) in [5.74, 6) is 2.37. The molecule has 1 aliphatic rings. The van der Waals surface area contributed by atoms with Gasteiger partial charge in [0.05, 0.1) is 6.54 Å². The van der Waals surface area contributed by atoms with E-state index in [9.17, 15) is 4.79 Å². The van der Waals surface area contributed by atoms with Gasteiger partial charge in [-0.2, -0.15) is 4.98 Å². The Morgan fingerprint density at radius 2 is 2.14 bits per heavy atom. The van der Waals surface area contributed by atoms with Crippen molar-refractivity contribution in [1.29, 1.82) is 0 Å². The molecule has 0 bridgehead atoms. The van der Waals surface area contributed by atoms with Crippen LogP contribution in [0.4, 0.5) is 0 Å². The molecule has 0 saturated carbocycles. The van der Waals surface area contributed by atoms with Crippen molar-refractivity contribution in [3.8, 4) is 0 Å². The van der Waals surface area contributed by atoms with E-state index in [0.29, 0.717) is 18.4 Å². The number of piperidine rings is 1. The number of nitrogens with zero attached hydrogens (tertiary/aromatic N) is 3. The van der Waals surface area contributed by atoms with E-state index < -0.39 is 0 Å². The lowest BCUT2D eigenvalue weighted by molar-refractivity contribution is -0.126. The van der Waals surface area contributed by atoms with Crippen molar-refractivity contribution >= 4 is 5.91 Å². The Balaban J connectivity index is 1.75. The molecule has 1 amide bonds. The van der Waals surface area contributed by atoms with E-state index in [1.807, 2.05) is 0 Å². The van der Waals surface area contributed by atoms with Crippen molar-refractivity contribution in [3.63, 3.8) is 0 Å². The number of aromatic nitrogens is 2. The fourth-order valence-electron chi connectivity index (χ4n) is 2.74. The molecular weight excluding hydrogens is 280 g/mol. The molecule has 1 N–H and O–H groups in total. The maximum atomic E-state index is 12.0. The number of likely N-dealkylation sites (tertiary alicyclic amines) is 1. The normalized spacial score (nSPS) is 17.1. The van der Waals surface area contributed by atoms with Crippen LogP contribution in [-0.2, 0) is 17.8 Å². The molecule has 0 atom stereocenters. The summed E-state index contributed by atoms with van der Waals surface area (Å²) in [7, 11) is 0. The summed E-state index contributed by atoms with van der Waals surface area (Å²) in [4.78, 5) is 18.7. The lowest BCUT2D eigenvalue weighted by atomic mass is 9.96. The Morgan fingerprint density at radius 1 is 1.41 bits per heavy atom. The molecule has 1 fully saturated rings. The van der Waals surface area contributed by atoms with Crippen LogP contribution < -0.4 is 5.32 Å². The lowest BCUT2D eigenvalue weighted by Crippen LogP contribution is -2.40. The molecule has 6 nitrogen and oxygen atoms in total. The van der Waals surface area contributed by atoms with Gasteiger partial charge >= 0.3 is 0 Å². The molecule has 0 unspecified atom stereocenters. The summed E-state index contributed by atoms with van der Waals surface area (Å²) in [6, 6.07) is 0. The van der Waals surface area contributed by atoms with Gasteiger partial charge in [0.15, 0.2) is 5.82 Å². The minimum atomic E-state index is 0.155. The van der Waals surface area contributed by atoms with Crippen molar-refractivity contribution in [2.45, 2.75) is 53.0 Å². The molecule has 1 saturated heterocycles. The number of carbonyl (C=O) groups excluding carboxylic acids is 1. The van der Waals surface area contributed by atoms with Crippen LogP contribution in [-0.4, -0.2) is 40.6 Å². The molecule has 0 spiro atoms. The Labute approximate surface area is 132 Å². The molecule has 1 aromatic rings. The van der Waals surface area contributed by atoms with Crippen molar-refractivity contribution in [2.24, 2.45) is 11.8 Å². The summed E-state index contributed by atoms with van der Waals surface area (Å²) in [6.45, 7) is 9.64. The summed E-state index contributed by atoms with van der Waals surface area (Å²) >= 11 is 0. The number of amides is 1. The first-order valence-electron chi connectivity index (χ1n) is 8.40. The number of hydrogen-bond donors (Lipinski definition) is 1. The van der Waals surface area contributed by atoms with Crippen molar-refractivity contribution in [2.75, 3.05) is 19.6 Å². The second-order valence-corrected chi connectivity index (χ2v) is 6.54. The highest BCUT2D eigenvalue weighted by atomic mass is 16.5. The van der Waals surface area contributed by atoms with E-state index in [2.05, 4.69) is 41.1 Å². The van der Waals surface area contributed by atoms with Crippen LogP contribution in [0.15, 0.2) is 4.52 Å². The van der Waals surface area contributed by atoms with Gasteiger partial charge in [-0.1, -0.05) is 25.9 Å². The predicted molar refractivity (Wildman–Crippen MR) is 84.1 cm³/mol. The maximum Gasteiger partial charge on any atom is 0.240 e. The van der Waals surface area contributed by atoms with Crippen molar-refractivity contribution in [1.82, 2.24) is 20.4 Å². The fourth-order valence-corrected chi connectivity index (χ4v) is 2.74. The molecule has 2 rings (SSSR count). The van der Waals surface area contributed by atoms with Gasteiger partial charge < -0.3 is 9.84 Å². The van der Waals surface area contributed by atoms with E-state index in [4.69, 9.17) is 4.52 Å². The molecule has 2 heterocycles. The van der Waals surface area contributed by atoms with Gasteiger partial charge in [0.1, 0.15) is 0 Å². The van der Waals surface area contributed by atoms with Crippen LogP contribution in [0.25, 0.3) is 0 Å². The molecule has 22 heavy (non-hydrogen) atoms. The van der Waals surface area contributed by atoms with Gasteiger partial charge in [0, 0.05) is 18.9 Å². The van der Waals surface area contributed by atoms with Gasteiger partial charge in [0.25, 0.3) is 0 Å². The predicted octanol–water partition coefficient (Wildman–Crippen LogP) is 2.01. The number of hydrogen-bond acceptors (Lipinski definition) is 5. The van der Waals surface area contributed by atoms with E-state index in [1.54, 1.807) is 0 Å². The minimum Gasteiger partial charge on any atom is -0.356 e. The third-order valence-electron chi connectivity index (χ3n) is 3.97. The van der Waals surface area contributed by atoms with Crippen LogP contribution in [0, 0.1) is 11.8 Å². The van der Waals surface area contributed by atoms with Crippen LogP contribution in [0.2, 0.25) is 0 Å². The third-order valence-corrected chi connectivity index (χ3v) is 3.97. The monoisotopic (exact) mass is 308 g/mol. The second-order valence-electron chi connectivity index (χ2n) is 6.54. The third kappa shape index (κ3) is 5.09. The Hall–Kier alpha value is -1.43. The topological polar surface area (TPSA) is 71.3 Å². The van der Waals surface area contributed by atoms with Gasteiger partial charge in [0.2, 0.25) is 11.8 Å². The first-order chi connectivity index (χ1) is 10.6. The van der Waals surface area contributed by atoms with Gasteiger partial charge in [-0.05, 0) is 38.3 Å². The summed E-state index contributed by atoms with van der Waals surface area (Å²) in [6.07, 6.45) is 3.65. The quantitative estimate of drug-likeness (QED) is 0.834. The molecule has 6 heteroatoms. The number of nitrogens with one attached hydrogen (secondary N) is 1. The standard InChI is InChI=1S/C16H28N4O2/c1-4-7-17-16(21)13-5-8-20(9-6-13)11-15-18-14(19-22-15)10-12(2)3/h12-13H,4-11H2,1-3H3,(H,17,21). The highest BCUT2D eigenvalue weighted by molar-refractivity contribution is 5.78. The average molecular weight is 308 g/mol. The second kappa shape index (κ2) is 8.27. The summed E-state index contributed by atoms with van der Waals surface area (Å²) in [5.41, 5.74) is 0. The SMILES string of the molecule is CCCNC(=O)C1CCN(Cc2nc(CC(C)C)no2)CC1. The van der Waals surface area contributed by atoms with E-state index in [0.717, 1.165) is 51.1 Å². The minimum absolute atomic E-state index is 0.155. The zero-order valence-electron chi connectivity index (χ0n) is 14.0. The first-order valence-corrected chi connectivity index (χ1v) is 8.40. The van der Waals surface area contributed by atoms with Crippen molar-refractivity contribution in [3.05, 3.63) is 11.7 Å². The summed E-state index contributed by atoms with van der Waals surface area (Å²) in [5, 5.41) is 7.01. The maximum absolute atomic E-state index is 12.0. The molecule has 1 aromatic heterocycles. The van der Waals surface area contributed by atoms with Crippen LogP contribution in [0.1, 0.15) is 51.7 Å². The zero-order valence-corrected chi connectivity index (χ0v) is 14.0. The van der Waals surface area contributed by atoms with Gasteiger partial charge in [-0.25, -0.2) is 0 Å². The molecule has 1 aliphatic heterocycles. The number of carbonyl (C=O) groups is 1. The Bertz CT molecular complexity index is 464. The van der Waals surface area contributed by atoms with Gasteiger partial charge in [-0.15, -0.1) is 0 Å². The highest BCUT2D eigenvalue weighted by Crippen LogP contribution is 2.19. The fraction of sp³-hybridized carbons (Fsp3) is 0.812. The van der Waals surface area contributed by atoms with E-state index in [-0.39, 0.29) is 11.8 Å². The largest absolute Gasteiger partial charge is 0.356 e. The van der Waals surface area contributed by atoms with Crippen LogP contribution in [0.3, 0.4) is 0 Å². The average Bonchev–Trinajstić information content (AvgIpc) is 2.91. The first kappa shape index (κ1) is 16.9. The van der Waals surface area contributed by atoms with Crippen molar-refractivity contribution < 1.29 is 9.32 Å². The Morgan fingerprint density at radius 3 is 2.77 bits per heavy atom. The smallest absolute Gasteiger partial charge is 0.240 e. The van der Waals surface area contributed by atoms with Gasteiger partial charge in [-0.3, -0.25) is 9.69 Å². The molecule has 0 aromatic carbocycles. The molecular formula is C16H28N4O2. The van der Waals surface area contributed by atoms with Crippen LogP contribution >= 0.6 is 0 Å². The molecule has 0 aliphatic carbocycles. The van der Waals surface area contributed by atoms with E-state index >= 15 is 0 Å². The highest BCUT2D eigenvalue weighted by Gasteiger charge is 2.25. The molecule has 0 radical (unpaired) electrons. The lowest BCUT2D eigenvalue weighted by Gasteiger charge is -2.30. The Kier molecular flexibility index (Phi) is 6.36. The summed E-state index contributed by atoms with van der Waals surface area (Å²) < 4.78 is 5.31.